The molecule has 20 heavy (non-hydrogen) atoms. The number of carbonyl (C=O) groups is 1. The van der Waals surface area contributed by atoms with Crippen LogP contribution in [0, 0.1) is 0 Å². The summed E-state index contributed by atoms with van der Waals surface area (Å²) < 4.78 is 11.0. The lowest BCUT2D eigenvalue weighted by molar-refractivity contribution is -0.122. The van der Waals surface area contributed by atoms with Gasteiger partial charge in [-0.15, -0.1) is 0 Å². The van der Waals surface area contributed by atoms with E-state index >= 15 is 0 Å². The number of rotatable bonds is 5. The quantitative estimate of drug-likeness (QED) is 0.516. The van der Waals surface area contributed by atoms with Crippen molar-refractivity contribution < 1.29 is 19.1 Å². The van der Waals surface area contributed by atoms with Gasteiger partial charge < -0.3 is 20.1 Å². The Morgan fingerprint density at radius 1 is 1.40 bits per heavy atom. The smallest absolute Gasteiger partial charge is 0.361 e. The molecule has 0 unspecified atom stereocenters. The predicted octanol–water partition coefficient (Wildman–Crippen LogP) is 0.507. The van der Waals surface area contributed by atoms with E-state index < -0.39 is 19.7 Å². The minimum Gasteiger partial charge on any atom is -0.361 e. The summed E-state index contributed by atoms with van der Waals surface area (Å²) in [6, 6.07) is 6.53. The SMILES string of the molecule is CNC(=O)[C@@H](Cc1c[nH]c2ccccc12)NP(=O)(O)O. The van der Waals surface area contributed by atoms with Crippen molar-refractivity contribution in [2.75, 3.05) is 7.05 Å². The summed E-state index contributed by atoms with van der Waals surface area (Å²) in [5.41, 5.74) is 1.73. The van der Waals surface area contributed by atoms with Crippen molar-refractivity contribution in [1.82, 2.24) is 15.4 Å². The number of carbonyl (C=O) groups excluding carboxylic acids is 1. The number of fused-ring (bicyclic) bond motifs is 1. The molecule has 0 saturated heterocycles. The normalized spacial score (nSPS) is 13.3. The lowest BCUT2D eigenvalue weighted by Gasteiger charge is -2.17. The first-order valence-corrected chi connectivity index (χ1v) is 7.62. The van der Waals surface area contributed by atoms with Crippen molar-refractivity contribution in [1.29, 1.82) is 0 Å². The lowest BCUT2D eigenvalue weighted by atomic mass is 10.1. The highest BCUT2D eigenvalue weighted by Gasteiger charge is 2.26. The fourth-order valence-corrected chi connectivity index (χ4v) is 2.71. The van der Waals surface area contributed by atoms with Gasteiger partial charge in [0.1, 0.15) is 6.04 Å². The van der Waals surface area contributed by atoms with Crippen LogP contribution >= 0.6 is 7.75 Å². The number of para-hydroxylation sites is 1. The summed E-state index contributed by atoms with van der Waals surface area (Å²) in [4.78, 5) is 32.8. The number of hydrogen-bond donors (Lipinski definition) is 5. The zero-order chi connectivity index (χ0) is 14.8. The molecule has 0 spiro atoms. The molecular weight excluding hydrogens is 281 g/mol. The summed E-state index contributed by atoms with van der Waals surface area (Å²) in [6.07, 6.45) is 1.91. The van der Waals surface area contributed by atoms with Gasteiger partial charge in [-0.1, -0.05) is 18.2 Å². The standard InChI is InChI=1S/C12H16N3O4P/c1-13-12(16)11(15-20(17,18)19)6-8-7-14-10-5-3-2-4-9(8)10/h2-5,7,11,14H,6H2,1H3,(H,13,16)(H3,15,17,18,19)/t11-/m1/s1. The van der Waals surface area contributed by atoms with Crippen molar-refractivity contribution in [3.05, 3.63) is 36.0 Å². The molecule has 0 aliphatic carbocycles. The molecule has 5 N–H and O–H groups in total. The molecule has 108 valence electrons. The van der Waals surface area contributed by atoms with Crippen LogP contribution in [0.15, 0.2) is 30.5 Å². The molecule has 0 bridgehead atoms. The first kappa shape index (κ1) is 14.7. The zero-order valence-electron chi connectivity index (χ0n) is 10.8. The zero-order valence-corrected chi connectivity index (χ0v) is 11.7. The van der Waals surface area contributed by atoms with Gasteiger partial charge in [-0.3, -0.25) is 4.79 Å². The molecule has 1 amide bonds. The molecule has 1 atom stereocenters. The average Bonchev–Trinajstić information content (AvgIpc) is 2.79. The Morgan fingerprint density at radius 2 is 2.10 bits per heavy atom. The molecule has 7 nitrogen and oxygen atoms in total. The van der Waals surface area contributed by atoms with E-state index in [2.05, 4.69) is 15.4 Å². The maximum atomic E-state index is 11.7. The van der Waals surface area contributed by atoms with Crippen LogP contribution in [0.3, 0.4) is 0 Å². The maximum absolute atomic E-state index is 11.7. The van der Waals surface area contributed by atoms with Crippen molar-refractivity contribution >= 4 is 24.6 Å². The van der Waals surface area contributed by atoms with E-state index in [1.54, 1.807) is 6.20 Å². The Bertz CT molecular complexity index is 664. The predicted molar refractivity (Wildman–Crippen MR) is 75.0 cm³/mol. The number of likely N-dealkylation sites (N-methyl/N-ethyl adjacent to an activating group) is 1. The van der Waals surface area contributed by atoms with Crippen LogP contribution in [0.2, 0.25) is 0 Å². The van der Waals surface area contributed by atoms with Crippen LogP contribution in [0.5, 0.6) is 0 Å². The lowest BCUT2D eigenvalue weighted by Crippen LogP contribution is -2.42. The molecule has 1 aromatic heterocycles. The van der Waals surface area contributed by atoms with Crippen LogP contribution in [0.4, 0.5) is 0 Å². The maximum Gasteiger partial charge on any atom is 0.401 e. The monoisotopic (exact) mass is 297 g/mol. The average molecular weight is 297 g/mol. The Labute approximate surface area is 115 Å². The third kappa shape index (κ3) is 3.46. The first-order chi connectivity index (χ1) is 9.40. The van der Waals surface area contributed by atoms with E-state index in [-0.39, 0.29) is 6.42 Å². The highest BCUT2D eigenvalue weighted by atomic mass is 31.2. The van der Waals surface area contributed by atoms with E-state index in [9.17, 15) is 9.36 Å². The largest absolute Gasteiger partial charge is 0.401 e. The van der Waals surface area contributed by atoms with E-state index in [1.165, 1.54) is 7.05 Å². The summed E-state index contributed by atoms with van der Waals surface area (Å²) in [5.74, 6) is -0.474. The van der Waals surface area contributed by atoms with E-state index in [1.807, 2.05) is 24.3 Å². The van der Waals surface area contributed by atoms with Gasteiger partial charge >= 0.3 is 7.75 Å². The van der Waals surface area contributed by atoms with E-state index in [0.717, 1.165) is 16.5 Å². The van der Waals surface area contributed by atoms with Gasteiger partial charge in [-0.25, -0.2) is 9.65 Å². The number of aromatic nitrogens is 1. The van der Waals surface area contributed by atoms with Crippen molar-refractivity contribution in [2.24, 2.45) is 0 Å². The van der Waals surface area contributed by atoms with Crippen LogP contribution < -0.4 is 10.4 Å². The Kier molecular flexibility index (Phi) is 4.25. The summed E-state index contributed by atoms with van der Waals surface area (Å²) >= 11 is 0. The van der Waals surface area contributed by atoms with Crippen LogP contribution in [0.1, 0.15) is 5.56 Å². The molecule has 1 heterocycles. The second-order valence-corrected chi connectivity index (χ2v) is 5.75. The highest BCUT2D eigenvalue weighted by Crippen LogP contribution is 2.30. The van der Waals surface area contributed by atoms with E-state index in [4.69, 9.17) is 9.79 Å². The molecule has 2 rings (SSSR count). The van der Waals surface area contributed by atoms with Gasteiger partial charge in [0.2, 0.25) is 5.91 Å². The summed E-state index contributed by atoms with van der Waals surface area (Å²) in [5, 5.41) is 5.37. The van der Waals surface area contributed by atoms with Crippen molar-refractivity contribution in [2.45, 2.75) is 12.5 Å². The first-order valence-electron chi connectivity index (χ1n) is 6.00. The third-order valence-corrected chi connectivity index (χ3v) is 3.63. The Balaban J connectivity index is 2.27. The Hall–Kier alpha value is -1.66. The van der Waals surface area contributed by atoms with Crippen molar-refractivity contribution in [3.63, 3.8) is 0 Å². The topological polar surface area (TPSA) is 114 Å². The molecule has 0 aliphatic heterocycles. The molecule has 0 saturated carbocycles. The number of hydrogen-bond acceptors (Lipinski definition) is 2. The molecule has 8 heteroatoms. The van der Waals surface area contributed by atoms with Crippen LogP contribution in [-0.2, 0) is 15.8 Å². The van der Waals surface area contributed by atoms with Gasteiger partial charge in [0.05, 0.1) is 0 Å². The van der Waals surface area contributed by atoms with Gasteiger partial charge in [0, 0.05) is 24.1 Å². The molecule has 0 aliphatic rings. The van der Waals surface area contributed by atoms with Gasteiger partial charge in [0.25, 0.3) is 0 Å². The molecule has 0 radical (unpaired) electrons. The summed E-state index contributed by atoms with van der Waals surface area (Å²) in [6.45, 7) is 0. The molecule has 2 aromatic rings. The summed E-state index contributed by atoms with van der Waals surface area (Å²) in [7, 11) is -3.07. The second kappa shape index (κ2) is 5.76. The Morgan fingerprint density at radius 3 is 2.75 bits per heavy atom. The molecular formula is C12H16N3O4P. The molecule has 0 fully saturated rings. The van der Waals surface area contributed by atoms with Gasteiger partial charge in [-0.05, 0) is 18.1 Å². The van der Waals surface area contributed by atoms with Crippen molar-refractivity contribution in [3.8, 4) is 0 Å². The minimum atomic E-state index is -4.49. The number of aromatic amines is 1. The fraction of sp³-hybridized carbons (Fsp3) is 0.250. The minimum absolute atomic E-state index is 0.175. The van der Waals surface area contributed by atoms with Crippen LogP contribution in [-0.4, -0.2) is 33.8 Å². The number of H-pyrrole nitrogens is 1. The van der Waals surface area contributed by atoms with Gasteiger partial charge in [0.15, 0.2) is 0 Å². The van der Waals surface area contributed by atoms with E-state index in [0.29, 0.717) is 0 Å². The van der Waals surface area contributed by atoms with Gasteiger partial charge in [-0.2, -0.15) is 0 Å². The fourth-order valence-electron chi connectivity index (χ4n) is 2.09. The second-order valence-electron chi connectivity index (χ2n) is 4.40. The number of amides is 1. The number of benzene rings is 1. The highest BCUT2D eigenvalue weighted by molar-refractivity contribution is 7.49. The molecule has 1 aromatic carbocycles. The number of nitrogens with one attached hydrogen (secondary N) is 3. The van der Waals surface area contributed by atoms with Crippen LogP contribution in [0.25, 0.3) is 10.9 Å². The third-order valence-electron chi connectivity index (χ3n) is 2.99.